The zero-order valence-corrected chi connectivity index (χ0v) is 9.27. The third-order valence-electron chi connectivity index (χ3n) is 2.18. The molecule has 1 aliphatic rings. The van der Waals surface area contributed by atoms with Crippen LogP contribution < -0.4 is 9.47 Å². The SMILES string of the molecule is Cc1cc(Br)c(C)c2c1OCCO2. The predicted molar refractivity (Wildman–Crippen MR) is 54.6 cm³/mol. The van der Waals surface area contributed by atoms with Crippen molar-refractivity contribution in [3.8, 4) is 11.5 Å². The third kappa shape index (κ3) is 1.41. The number of hydrogen-bond acceptors (Lipinski definition) is 2. The van der Waals surface area contributed by atoms with Gasteiger partial charge in [-0.1, -0.05) is 15.9 Å². The molecule has 0 atom stereocenters. The van der Waals surface area contributed by atoms with Gasteiger partial charge in [-0.25, -0.2) is 0 Å². The highest BCUT2D eigenvalue weighted by Crippen LogP contribution is 2.40. The molecule has 1 aliphatic heterocycles. The Morgan fingerprint density at radius 1 is 1.15 bits per heavy atom. The van der Waals surface area contributed by atoms with Crippen molar-refractivity contribution in [1.29, 1.82) is 0 Å². The molecule has 2 rings (SSSR count). The molecule has 1 aromatic rings. The van der Waals surface area contributed by atoms with Crippen LogP contribution in [0.5, 0.6) is 11.5 Å². The monoisotopic (exact) mass is 242 g/mol. The fourth-order valence-electron chi connectivity index (χ4n) is 1.46. The van der Waals surface area contributed by atoms with Crippen LogP contribution in [0.25, 0.3) is 0 Å². The Morgan fingerprint density at radius 3 is 2.46 bits per heavy atom. The lowest BCUT2D eigenvalue weighted by atomic mass is 10.1. The Balaban J connectivity index is 2.63. The minimum absolute atomic E-state index is 0.643. The summed E-state index contributed by atoms with van der Waals surface area (Å²) in [6, 6.07) is 2.06. The van der Waals surface area contributed by atoms with Crippen LogP contribution in [-0.2, 0) is 0 Å². The lowest BCUT2D eigenvalue weighted by molar-refractivity contribution is 0.169. The topological polar surface area (TPSA) is 18.5 Å². The molecule has 70 valence electrons. The first-order valence-corrected chi connectivity index (χ1v) is 5.04. The summed E-state index contributed by atoms with van der Waals surface area (Å²) in [4.78, 5) is 0. The number of rotatable bonds is 0. The number of ether oxygens (including phenoxy) is 2. The quantitative estimate of drug-likeness (QED) is 0.697. The minimum Gasteiger partial charge on any atom is -0.486 e. The summed E-state index contributed by atoms with van der Waals surface area (Å²) in [6.07, 6.45) is 0. The molecule has 0 spiro atoms. The lowest BCUT2D eigenvalue weighted by Crippen LogP contribution is -2.17. The maximum Gasteiger partial charge on any atom is 0.165 e. The van der Waals surface area contributed by atoms with E-state index in [1.54, 1.807) is 0 Å². The van der Waals surface area contributed by atoms with Crippen LogP contribution in [0.2, 0.25) is 0 Å². The molecule has 0 bridgehead atoms. The zero-order chi connectivity index (χ0) is 9.42. The van der Waals surface area contributed by atoms with Crippen LogP contribution in [0.3, 0.4) is 0 Å². The van der Waals surface area contributed by atoms with Gasteiger partial charge in [-0.15, -0.1) is 0 Å². The highest BCUT2D eigenvalue weighted by Gasteiger charge is 2.18. The van der Waals surface area contributed by atoms with Gasteiger partial charge in [-0.3, -0.25) is 0 Å². The Labute approximate surface area is 86.0 Å². The van der Waals surface area contributed by atoms with E-state index in [2.05, 4.69) is 22.0 Å². The van der Waals surface area contributed by atoms with E-state index in [0.717, 1.165) is 27.1 Å². The van der Waals surface area contributed by atoms with Crippen molar-refractivity contribution in [3.63, 3.8) is 0 Å². The van der Waals surface area contributed by atoms with E-state index in [-0.39, 0.29) is 0 Å². The number of hydrogen-bond donors (Lipinski definition) is 0. The Morgan fingerprint density at radius 2 is 1.77 bits per heavy atom. The second-order valence-corrected chi connectivity index (χ2v) is 4.01. The average molecular weight is 243 g/mol. The van der Waals surface area contributed by atoms with E-state index in [9.17, 15) is 0 Å². The van der Waals surface area contributed by atoms with Crippen LogP contribution in [0.15, 0.2) is 10.5 Å². The number of halogens is 1. The zero-order valence-electron chi connectivity index (χ0n) is 7.69. The van der Waals surface area contributed by atoms with Gasteiger partial charge in [0.25, 0.3) is 0 Å². The molecule has 0 aromatic heterocycles. The molecule has 0 fully saturated rings. The van der Waals surface area contributed by atoms with Gasteiger partial charge in [-0.2, -0.15) is 0 Å². The van der Waals surface area contributed by atoms with Gasteiger partial charge in [0, 0.05) is 10.0 Å². The Bertz CT molecular complexity index is 347. The molecule has 2 nitrogen and oxygen atoms in total. The van der Waals surface area contributed by atoms with Crippen LogP contribution in [-0.4, -0.2) is 13.2 Å². The van der Waals surface area contributed by atoms with E-state index in [1.165, 1.54) is 0 Å². The highest BCUT2D eigenvalue weighted by molar-refractivity contribution is 9.10. The first kappa shape index (κ1) is 8.88. The third-order valence-corrected chi connectivity index (χ3v) is 3.01. The Kier molecular flexibility index (Phi) is 2.20. The number of fused-ring (bicyclic) bond motifs is 1. The summed E-state index contributed by atoms with van der Waals surface area (Å²) < 4.78 is 12.2. The standard InChI is InChI=1S/C10H11BrO2/c1-6-5-8(11)7(2)10-9(6)12-3-4-13-10/h5H,3-4H2,1-2H3. The molecule has 0 radical (unpaired) electrons. The van der Waals surface area contributed by atoms with E-state index in [1.807, 2.05) is 13.8 Å². The minimum atomic E-state index is 0.643. The van der Waals surface area contributed by atoms with Crippen molar-refractivity contribution < 1.29 is 9.47 Å². The van der Waals surface area contributed by atoms with Crippen molar-refractivity contribution in [3.05, 3.63) is 21.7 Å². The molecule has 13 heavy (non-hydrogen) atoms. The van der Waals surface area contributed by atoms with Crippen LogP contribution in [0.4, 0.5) is 0 Å². The molecule has 3 heteroatoms. The Hall–Kier alpha value is -0.700. The molecule has 0 unspecified atom stereocenters. The van der Waals surface area contributed by atoms with Crippen molar-refractivity contribution in [2.75, 3.05) is 13.2 Å². The van der Waals surface area contributed by atoms with Crippen molar-refractivity contribution in [2.45, 2.75) is 13.8 Å². The van der Waals surface area contributed by atoms with E-state index >= 15 is 0 Å². The van der Waals surface area contributed by atoms with E-state index in [0.29, 0.717) is 13.2 Å². The molecule has 0 amide bonds. The van der Waals surface area contributed by atoms with Crippen LogP contribution in [0, 0.1) is 13.8 Å². The summed E-state index contributed by atoms with van der Waals surface area (Å²) in [5, 5.41) is 0. The molecule has 0 saturated carbocycles. The fourth-order valence-corrected chi connectivity index (χ4v) is 1.99. The van der Waals surface area contributed by atoms with Gasteiger partial charge < -0.3 is 9.47 Å². The predicted octanol–water partition coefficient (Wildman–Crippen LogP) is 2.84. The maximum absolute atomic E-state index is 5.56. The van der Waals surface area contributed by atoms with Crippen molar-refractivity contribution in [2.24, 2.45) is 0 Å². The molecule has 1 aromatic carbocycles. The smallest absolute Gasteiger partial charge is 0.165 e. The van der Waals surface area contributed by atoms with Crippen LogP contribution >= 0.6 is 15.9 Å². The summed E-state index contributed by atoms with van der Waals surface area (Å²) in [6.45, 7) is 5.34. The summed E-state index contributed by atoms with van der Waals surface area (Å²) in [7, 11) is 0. The van der Waals surface area contributed by atoms with Gasteiger partial charge in [0.15, 0.2) is 11.5 Å². The van der Waals surface area contributed by atoms with Gasteiger partial charge >= 0.3 is 0 Å². The van der Waals surface area contributed by atoms with E-state index in [4.69, 9.17) is 9.47 Å². The van der Waals surface area contributed by atoms with Gasteiger partial charge in [0.1, 0.15) is 13.2 Å². The number of benzene rings is 1. The molecular weight excluding hydrogens is 232 g/mol. The molecule has 0 N–H and O–H groups in total. The van der Waals surface area contributed by atoms with E-state index < -0.39 is 0 Å². The van der Waals surface area contributed by atoms with Crippen molar-refractivity contribution in [1.82, 2.24) is 0 Å². The highest BCUT2D eigenvalue weighted by atomic mass is 79.9. The second kappa shape index (κ2) is 3.22. The van der Waals surface area contributed by atoms with Gasteiger partial charge in [-0.05, 0) is 25.5 Å². The molecule has 0 saturated heterocycles. The summed E-state index contributed by atoms with van der Waals surface area (Å²) in [5.74, 6) is 1.78. The first-order chi connectivity index (χ1) is 6.20. The lowest BCUT2D eigenvalue weighted by Gasteiger charge is -2.22. The molecule has 1 heterocycles. The van der Waals surface area contributed by atoms with Crippen molar-refractivity contribution >= 4 is 15.9 Å². The normalized spacial score (nSPS) is 14.4. The fraction of sp³-hybridized carbons (Fsp3) is 0.400. The maximum atomic E-state index is 5.56. The number of aryl methyl sites for hydroxylation is 1. The molecular formula is C10H11BrO2. The summed E-state index contributed by atoms with van der Waals surface area (Å²) >= 11 is 3.49. The van der Waals surface area contributed by atoms with Gasteiger partial charge in [0.05, 0.1) is 0 Å². The van der Waals surface area contributed by atoms with Gasteiger partial charge in [0.2, 0.25) is 0 Å². The largest absolute Gasteiger partial charge is 0.486 e. The molecule has 0 aliphatic carbocycles. The van der Waals surface area contributed by atoms with Crippen LogP contribution in [0.1, 0.15) is 11.1 Å². The summed E-state index contributed by atoms with van der Waals surface area (Å²) in [5.41, 5.74) is 2.23. The first-order valence-electron chi connectivity index (χ1n) is 4.25. The average Bonchev–Trinajstić information content (AvgIpc) is 2.15. The second-order valence-electron chi connectivity index (χ2n) is 3.16.